The average molecular weight is 621 g/mol. The third-order valence-corrected chi connectivity index (χ3v) is 6.07. The number of nitrogens with zero attached hydrogens (tertiary/aromatic N) is 3. The van der Waals surface area contributed by atoms with Gasteiger partial charge in [0.25, 0.3) is 5.91 Å². The monoisotopic (exact) mass is 620 g/mol. The van der Waals surface area contributed by atoms with Gasteiger partial charge in [-0.3, -0.25) is 9.89 Å². The van der Waals surface area contributed by atoms with Crippen molar-refractivity contribution in [2.45, 2.75) is 25.8 Å². The number of aliphatic carboxylic acids is 2. The van der Waals surface area contributed by atoms with E-state index in [0.29, 0.717) is 18.1 Å². The van der Waals surface area contributed by atoms with Crippen LogP contribution in [0.25, 0.3) is 21.3 Å². The van der Waals surface area contributed by atoms with Gasteiger partial charge in [0, 0.05) is 24.8 Å². The summed E-state index contributed by atoms with van der Waals surface area (Å²) in [6.45, 7) is 3.09. The largest absolute Gasteiger partial charge is 0.497 e. The van der Waals surface area contributed by atoms with E-state index in [0.717, 1.165) is 32.7 Å². The number of benzene rings is 2. The van der Waals surface area contributed by atoms with E-state index < -0.39 is 24.3 Å². The van der Waals surface area contributed by atoms with Gasteiger partial charge in [-0.1, -0.05) is 18.2 Å². The van der Waals surface area contributed by atoms with Crippen LogP contribution >= 0.6 is 11.3 Å². The number of carbonyl (C=O) groups is 3. The van der Waals surface area contributed by atoms with Gasteiger partial charge in [-0.05, 0) is 42.3 Å². The molecule has 2 heterocycles. The summed E-state index contributed by atoms with van der Waals surface area (Å²) in [5.41, 5.74) is 3.92. The predicted octanol–water partition coefficient (Wildman–Crippen LogP) is 5.62. The van der Waals surface area contributed by atoms with E-state index >= 15 is 0 Å². The number of H-pyrrole nitrogens is 1. The minimum absolute atomic E-state index is 0.0589. The molecule has 0 saturated carbocycles. The van der Waals surface area contributed by atoms with Gasteiger partial charge in [-0.25, -0.2) is 14.6 Å². The van der Waals surface area contributed by atoms with Gasteiger partial charge in [-0.15, -0.1) is 11.3 Å². The summed E-state index contributed by atoms with van der Waals surface area (Å²) in [6.07, 6.45) is -6.54. The molecular weight excluding hydrogens is 598 g/mol. The second-order valence-electron chi connectivity index (χ2n) is 7.97. The van der Waals surface area contributed by atoms with Crippen molar-refractivity contribution >= 4 is 39.4 Å². The Hall–Kier alpha value is -4.67. The van der Waals surface area contributed by atoms with E-state index in [4.69, 9.17) is 24.5 Å². The lowest BCUT2D eigenvalue weighted by Crippen LogP contribution is -2.30. The molecule has 17 heteroatoms. The SMILES string of the molecule is CCN(Cc1cccc(OC)c1)C(=O)c1nc2ccc(-c3cn[nH]c3)cc2s1.O=C(O)C(F)(F)F.O=C(O)C(F)(F)F. The number of carbonyl (C=O) groups excluding carboxylic acids is 1. The highest BCUT2D eigenvalue weighted by Gasteiger charge is 2.38. The molecule has 3 N–H and O–H groups in total. The second kappa shape index (κ2) is 14.3. The van der Waals surface area contributed by atoms with E-state index in [2.05, 4.69) is 15.2 Å². The van der Waals surface area contributed by atoms with Crippen LogP contribution in [0, 0.1) is 0 Å². The molecule has 0 aliphatic rings. The van der Waals surface area contributed by atoms with Gasteiger partial charge in [0.05, 0.1) is 23.5 Å². The number of amides is 1. The Kier molecular flexibility index (Phi) is 11.4. The smallest absolute Gasteiger partial charge is 0.490 e. The summed E-state index contributed by atoms with van der Waals surface area (Å²) in [6, 6.07) is 13.8. The molecule has 2 aromatic carbocycles. The Morgan fingerprint density at radius 2 is 1.60 bits per heavy atom. The molecule has 0 aliphatic heterocycles. The van der Waals surface area contributed by atoms with Gasteiger partial charge >= 0.3 is 24.3 Å². The van der Waals surface area contributed by atoms with Crippen LogP contribution in [-0.4, -0.2) is 74.1 Å². The molecule has 0 fully saturated rings. The lowest BCUT2D eigenvalue weighted by Gasteiger charge is -2.20. The summed E-state index contributed by atoms with van der Waals surface area (Å²) in [4.78, 5) is 37.2. The van der Waals surface area contributed by atoms with Crippen LogP contribution in [0.5, 0.6) is 5.75 Å². The molecule has 42 heavy (non-hydrogen) atoms. The number of carboxylic acid groups (broad SMARTS) is 2. The molecule has 1 amide bonds. The molecule has 10 nitrogen and oxygen atoms in total. The van der Waals surface area contributed by atoms with E-state index in [1.165, 1.54) is 11.3 Å². The first-order valence-corrected chi connectivity index (χ1v) is 12.3. The highest BCUT2D eigenvalue weighted by atomic mass is 32.1. The molecule has 4 aromatic rings. The lowest BCUT2D eigenvalue weighted by atomic mass is 10.1. The molecule has 4 rings (SSSR count). The van der Waals surface area contributed by atoms with Gasteiger partial charge in [0.1, 0.15) is 5.75 Å². The maximum Gasteiger partial charge on any atom is 0.490 e. The average Bonchev–Trinajstić information content (AvgIpc) is 3.61. The van der Waals surface area contributed by atoms with Crippen LogP contribution in [0.2, 0.25) is 0 Å². The molecule has 226 valence electrons. The topological polar surface area (TPSA) is 146 Å². The zero-order chi connectivity index (χ0) is 31.7. The van der Waals surface area contributed by atoms with Crippen LogP contribution in [0.4, 0.5) is 26.3 Å². The number of carboxylic acids is 2. The number of aromatic nitrogens is 3. The van der Waals surface area contributed by atoms with Crippen molar-refractivity contribution in [3.8, 4) is 16.9 Å². The van der Waals surface area contributed by atoms with Gasteiger partial charge < -0.3 is 19.8 Å². The van der Waals surface area contributed by atoms with Crippen LogP contribution < -0.4 is 4.74 Å². The fraction of sp³-hybridized carbons (Fsp3) is 0.240. The third-order valence-electron chi connectivity index (χ3n) is 5.06. The van der Waals surface area contributed by atoms with Crippen molar-refractivity contribution in [2.24, 2.45) is 0 Å². The van der Waals surface area contributed by atoms with Gasteiger partial charge in [0.2, 0.25) is 0 Å². The standard InChI is InChI=1S/C21H20N4O2S.2C2HF3O2/c1-3-25(13-14-5-4-6-17(9-14)27-2)21(26)20-24-18-8-7-15(10-19(18)28-20)16-11-22-23-12-16;2*3-2(4,5)1(6)7/h4-12H,3,13H2,1-2H3,(H,22,23);2*(H,6,7). The Bertz CT molecular complexity index is 1480. The Labute approximate surface area is 237 Å². The van der Waals surface area contributed by atoms with Crippen molar-refractivity contribution in [3.05, 3.63) is 65.4 Å². The van der Waals surface area contributed by atoms with Gasteiger partial charge in [-0.2, -0.15) is 31.4 Å². The molecule has 0 saturated heterocycles. The summed E-state index contributed by atoms with van der Waals surface area (Å²) in [5.74, 6) is -4.79. The first-order valence-electron chi connectivity index (χ1n) is 11.5. The quantitative estimate of drug-likeness (QED) is 0.236. The molecule has 0 bridgehead atoms. The fourth-order valence-corrected chi connectivity index (χ4v) is 4.03. The molecule has 2 aromatic heterocycles. The predicted molar refractivity (Wildman–Crippen MR) is 138 cm³/mol. The number of halogens is 6. The maximum atomic E-state index is 13.0. The number of methoxy groups -OCH3 is 1. The summed E-state index contributed by atoms with van der Waals surface area (Å²) in [7, 11) is 1.64. The number of aromatic amines is 1. The lowest BCUT2D eigenvalue weighted by molar-refractivity contribution is -0.193. The number of alkyl halides is 6. The normalized spacial score (nSPS) is 11.0. The van der Waals surface area contributed by atoms with Crippen LogP contribution in [0.3, 0.4) is 0 Å². The Morgan fingerprint density at radius 3 is 2.10 bits per heavy atom. The molecule has 0 aliphatic carbocycles. The fourth-order valence-electron chi connectivity index (χ4n) is 3.06. The number of fused-ring (bicyclic) bond motifs is 1. The van der Waals surface area contributed by atoms with Crippen LogP contribution in [0.1, 0.15) is 22.3 Å². The molecule has 0 radical (unpaired) electrons. The maximum absolute atomic E-state index is 13.0. The Balaban J connectivity index is 0.000000367. The van der Waals surface area contributed by atoms with E-state index in [9.17, 15) is 31.1 Å². The van der Waals surface area contributed by atoms with E-state index in [1.54, 1.807) is 18.2 Å². The zero-order valence-corrected chi connectivity index (χ0v) is 22.5. The van der Waals surface area contributed by atoms with E-state index in [-0.39, 0.29) is 5.91 Å². The number of hydrogen-bond donors (Lipinski definition) is 3. The van der Waals surface area contributed by atoms with Crippen molar-refractivity contribution < 1.29 is 55.7 Å². The highest BCUT2D eigenvalue weighted by Crippen LogP contribution is 2.29. The minimum Gasteiger partial charge on any atom is -0.497 e. The number of thiazole rings is 1. The highest BCUT2D eigenvalue weighted by molar-refractivity contribution is 7.20. The first kappa shape index (κ1) is 33.5. The molecule has 0 unspecified atom stereocenters. The molecule has 0 spiro atoms. The van der Waals surface area contributed by atoms with Crippen LogP contribution in [-0.2, 0) is 16.1 Å². The number of hydrogen-bond acceptors (Lipinski definition) is 7. The number of rotatable bonds is 6. The van der Waals surface area contributed by atoms with Crippen LogP contribution in [0.15, 0.2) is 54.9 Å². The van der Waals surface area contributed by atoms with Crippen molar-refractivity contribution in [2.75, 3.05) is 13.7 Å². The zero-order valence-electron chi connectivity index (χ0n) is 21.7. The summed E-state index contributed by atoms with van der Waals surface area (Å²) in [5, 5.41) is 21.6. The number of ether oxygens (including phenoxy) is 1. The minimum atomic E-state index is -5.08. The van der Waals surface area contributed by atoms with Crippen molar-refractivity contribution in [3.63, 3.8) is 0 Å². The first-order chi connectivity index (χ1) is 19.6. The third kappa shape index (κ3) is 9.76. The molecule has 0 atom stereocenters. The summed E-state index contributed by atoms with van der Waals surface area (Å²) >= 11 is 1.42. The summed E-state index contributed by atoms with van der Waals surface area (Å²) < 4.78 is 69.7. The van der Waals surface area contributed by atoms with Crippen molar-refractivity contribution in [1.82, 2.24) is 20.1 Å². The van der Waals surface area contributed by atoms with E-state index in [1.807, 2.05) is 55.6 Å². The second-order valence-corrected chi connectivity index (χ2v) is 9.00. The van der Waals surface area contributed by atoms with Crippen molar-refractivity contribution in [1.29, 1.82) is 0 Å². The number of nitrogens with one attached hydrogen (secondary N) is 1. The molecular formula is C25H22F6N4O6S. The Morgan fingerprint density at radius 1 is 0.976 bits per heavy atom. The van der Waals surface area contributed by atoms with Gasteiger partial charge in [0.15, 0.2) is 5.01 Å².